The van der Waals surface area contributed by atoms with Crippen LogP contribution in [0.25, 0.3) is 0 Å². The molecule has 8 heteroatoms. The van der Waals surface area contributed by atoms with Gasteiger partial charge < -0.3 is 25.2 Å². The number of nitrogens with zero attached hydrogens (tertiary/aromatic N) is 3. The molecule has 2 fully saturated rings. The average molecular weight is 467 g/mol. The number of hydrogen-bond acceptors (Lipinski definition) is 4. The van der Waals surface area contributed by atoms with Crippen molar-refractivity contribution in [3.8, 4) is 0 Å². The number of amides is 1. The minimum absolute atomic E-state index is 0. The van der Waals surface area contributed by atoms with E-state index < -0.39 is 0 Å². The van der Waals surface area contributed by atoms with Crippen LogP contribution in [-0.4, -0.2) is 80.3 Å². The number of rotatable bonds is 5. The van der Waals surface area contributed by atoms with E-state index in [1.54, 1.807) is 4.90 Å². The molecular weight excluding hydrogens is 433 g/mol. The van der Waals surface area contributed by atoms with E-state index in [1.807, 2.05) is 6.92 Å². The Kier molecular flexibility index (Phi) is 10.5. The quantitative estimate of drug-likeness (QED) is 0.367. The van der Waals surface area contributed by atoms with Crippen molar-refractivity contribution in [2.75, 3.05) is 46.4 Å². The molecule has 0 aromatic heterocycles. The normalized spacial score (nSPS) is 22.4. The van der Waals surface area contributed by atoms with Crippen molar-refractivity contribution in [2.24, 2.45) is 4.99 Å². The zero-order valence-electron chi connectivity index (χ0n) is 15.8. The Bertz CT molecular complexity index is 427. The fraction of sp³-hybridized carbons (Fsp3) is 0.882. The highest BCUT2D eigenvalue weighted by molar-refractivity contribution is 14.0. The fourth-order valence-electron chi connectivity index (χ4n) is 3.34. The molecule has 0 radical (unpaired) electrons. The van der Waals surface area contributed by atoms with E-state index in [-0.39, 0.29) is 30.1 Å². The standard InChI is InChI=1S/C17H33N5O2.HI/c1-4-18-16(19-13-15-7-6-10-21(15)3)20-14-8-11-22(12-9-14)17(23)24-5-2;/h14-15H,4-13H2,1-3H3,(H2,18,19,20);1H. The van der Waals surface area contributed by atoms with Crippen molar-refractivity contribution in [1.82, 2.24) is 20.4 Å². The first kappa shape index (κ1) is 22.3. The number of nitrogens with one attached hydrogen (secondary N) is 2. The highest BCUT2D eigenvalue weighted by Crippen LogP contribution is 2.15. The summed E-state index contributed by atoms with van der Waals surface area (Å²) in [7, 11) is 2.18. The highest BCUT2D eigenvalue weighted by atomic mass is 127. The van der Waals surface area contributed by atoms with Crippen LogP contribution in [0.3, 0.4) is 0 Å². The van der Waals surface area contributed by atoms with Crippen LogP contribution in [0.4, 0.5) is 4.79 Å². The number of hydrogen-bond donors (Lipinski definition) is 2. The van der Waals surface area contributed by atoms with Gasteiger partial charge in [0.05, 0.1) is 13.2 Å². The van der Waals surface area contributed by atoms with Crippen LogP contribution < -0.4 is 10.6 Å². The lowest BCUT2D eigenvalue weighted by atomic mass is 10.1. The number of ether oxygens (including phenoxy) is 1. The van der Waals surface area contributed by atoms with Gasteiger partial charge in [0.2, 0.25) is 0 Å². The number of likely N-dealkylation sites (tertiary alicyclic amines) is 2. The number of piperidine rings is 1. The highest BCUT2D eigenvalue weighted by Gasteiger charge is 2.24. The van der Waals surface area contributed by atoms with Crippen molar-refractivity contribution >= 4 is 36.0 Å². The number of carbonyl (C=O) groups excluding carboxylic acids is 1. The summed E-state index contributed by atoms with van der Waals surface area (Å²) in [6.07, 6.45) is 4.16. The van der Waals surface area contributed by atoms with Gasteiger partial charge in [0.15, 0.2) is 5.96 Å². The molecule has 0 spiro atoms. The average Bonchev–Trinajstić information content (AvgIpc) is 2.99. The Labute approximate surface area is 169 Å². The summed E-state index contributed by atoms with van der Waals surface area (Å²) in [5.41, 5.74) is 0. The first-order valence-corrected chi connectivity index (χ1v) is 9.30. The molecule has 2 N–H and O–H groups in total. The van der Waals surface area contributed by atoms with Gasteiger partial charge in [-0.05, 0) is 53.1 Å². The van der Waals surface area contributed by atoms with Crippen molar-refractivity contribution in [3.63, 3.8) is 0 Å². The lowest BCUT2D eigenvalue weighted by Gasteiger charge is -2.32. The second kappa shape index (κ2) is 11.8. The molecule has 2 rings (SSSR count). The van der Waals surface area contributed by atoms with Gasteiger partial charge in [-0.2, -0.15) is 0 Å². The van der Waals surface area contributed by atoms with Gasteiger partial charge in [-0.1, -0.05) is 0 Å². The molecule has 1 unspecified atom stereocenters. The number of likely N-dealkylation sites (N-methyl/N-ethyl adjacent to an activating group) is 1. The van der Waals surface area contributed by atoms with E-state index in [0.717, 1.165) is 45.0 Å². The maximum absolute atomic E-state index is 11.8. The summed E-state index contributed by atoms with van der Waals surface area (Å²) in [6, 6.07) is 0.918. The summed E-state index contributed by atoms with van der Waals surface area (Å²) in [6.45, 7) is 8.71. The van der Waals surface area contributed by atoms with Gasteiger partial charge in [0, 0.05) is 31.7 Å². The summed E-state index contributed by atoms with van der Waals surface area (Å²) < 4.78 is 5.07. The van der Waals surface area contributed by atoms with E-state index in [4.69, 9.17) is 9.73 Å². The number of carbonyl (C=O) groups is 1. The molecule has 25 heavy (non-hydrogen) atoms. The SMILES string of the molecule is CCNC(=NCC1CCCN1C)NC1CCN(C(=O)OCC)CC1.I. The van der Waals surface area contributed by atoms with Crippen LogP contribution in [0.5, 0.6) is 0 Å². The molecule has 2 heterocycles. The Morgan fingerprint density at radius 2 is 1.92 bits per heavy atom. The molecule has 1 atom stereocenters. The van der Waals surface area contributed by atoms with Gasteiger partial charge in [-0.25, -0.2) is 4.79 Å². The summed E-state index contributed by atoms with van der Waals surface area (Å²) >= 11 is 0. The molecule has 146 valence electrons. The molecule has 0 aromatic rings. The Hall–Kier alpha value is -0.770. The molecule has 0 saturated carbocycles. The van der Waals surface area contributed by atoms with Crippen LogP contribution in [0, 0.1) is 0 Å². The fourth-order valence-corrected chi connectivity index (χ4v) is 3.34. The van der Waals surface area contributed by atoms with E-state index in [0.29, 0.717) is 18.7 Å². The molecule has 2 aliphatic heterocycles. The van der Waals surface area contributed by atoms with Crippen LogP contribution in [-0.2, 0) is 4.74 Å². The third kappa shape index (κ3) is 7.16. The zero-order chi connectivity index (χ0) is 17.4. The van der Waals surface area contributed by atoms with Gasteiger partial charge in [-0.3, -0.25) is 4.99 Å². The molecule has 0 aliphatic carbocycles. The molecule has 0 aromatic carbocycles. The van der Waals surface area contributed by atoms with Gasteiger partial charge >= 0.3 is 6.09 Å². The predicted molar refractivity (Wildman–Crippen MR) is 112 cm³/mol. The minimum atomic E-state index is -0.194. The lowest BCUT2D eigenvalue weighted by molar-refractivity contribution is 0.0963. The largest absolute Gasteiger partial charge is 0.450 e. The predicted octanol–water partition coefficient (Wildman–Crippen LogP) is 1.87. The van der Waals surface area contributed by atoms with Crippen molar-refractivity contribution < 1.29 is 9.53 Å². The van der Waals surface area contributed by atoms with E-state index in [1.165, 1.54) is 19.4 Å². The Balaban J connectivity index is 0.00000312. The Morgan fingerprint density at radius 1 is 1.20 bits per heavy atom. The molecule has 7 nitrogen and oxygen atoms in total. The first-order valence-electron chi connectivity index (χ1n) is 9.30. The maximum Gasteiger partial charge on any atom is 0.409 e. The second-order valence-electron chi connectivity index (χ2n) is 6.60. The monoisotopic (exact) mass is 467 g/mol. The number of halogens is 1. The third-order valence-electron chi connectivity index (χ3n) is 4.84. The minimum Gasteiger partial charge on any atom is -0.450 e. The zero-order valence-corrected chi connectivity index (χ0v) is 18.1. The third-order valence-corrected chi connectivity index (χ3v) is 4.84. The van der Waals surface area contributed by atoms with Crippen LogP contribution in [0.1, 0.15) is 39.5 Å². The Morgan fingerprint density at radius 3 is 2.48 bits per heavy atom. The van der Waals surface area contributed by atoms with Crippen LogP contribution >= 0.6 is 24.0 Å². The molecule has 2 aliphatic rings. The van der Waals surface area contributed by atoms with Gasteiger partial charge in [0.25, 0.3) is 0 Å². The van der Waals surface area contributed by atoms with E-state index in [9.17, 15) is 4.79 Å². The van der Waals surface area contributed by atoms with Crippen molar-refractivity contribution in [1.29, 1.82) is 0 Å². The number of guanidine groups is 1. The molecule has 2 saturated heterocycles. The van der Waals surface area contributed by atoms with Crippen molar-refractivity contribution in [2.45, 2.75) is 51.6 Å². The van der Waals surface area contributed by atoms with Gasteiger partial charge in [0.1, 0.15) is 0 Å². The summed E-state index contributed by atoms with van der Waals surface area (Å²) in [5, 5.41) is 6.87. The van der Waals surface area contributed by atoms with Crippen molar-refractivity contribution in [3.05, 3.63) is 0 Å². The smallest absolute Gasteiger partial charge is 0.409 e. The topological polar surface area (TPSA) is 69.2 Å². The maximum atomic E-state index is 11.8. The summed E-state index contributed by atoms with van der Waals surface area (Å²) in [4.78, 5) is 20.7. The summed E-state index contributed by atoms with van der Waals surface area (Å²) in [5.74, 6) is 0.896. The van der Waals surface area contributed by atoms with Crippen LogP contribution in [0.2, 0.25) is 0 Å². The van der Waals surface area contributed by atoms with E-state index in [2.05, 4.69) is 29.5 Å². The number of aliphatic imine (C=N–C) groups is 1. The van der Waals surface area contributed by atoms with E-state index >= 15 is 0 Å². The molecule has 1 amide bonds. The van der Waals surface area contributed by atoms with Gasteiger partial charge in [-0.15, -0.1) is 24.0 Å². The second-order valence-corrected chi connectivity index (χ2v) is 6.60. The molecule has 0 bridgehead atoms. The lowest BCUT2D eigenvalue weighted by Crippen LogP contribution is -2.50. The van der Waals surface area contributed by atoms with Crippen LogP contribution in [0.15, 0.2) is 4.99 Å². The first-order chi connectivity index (χ1) is 11.6. The molecular formula is C17H34IN5O2.